The van der Waals surface area contributed by atoms with E-state index in [1.54, 1.807) is 7.11 Å². The van der Waals surface area contributed by atoms with Crippen molar-refractivity contribution < 1.29 is 4.74 Å². The summed E-state index contributed by atoms with van der Waals surface area (Å²) in [6.07, 6.45) is 8.12. The lowest BCUT2D eigenvalue weighted by atomic mass is 9.88. The number of ether oxygens (including phenoxy) is 1. The third-order valence-corrected chi connectivity index (χ3v) is 5.02. The summed E-state index contributed by atoms with van der Waals surface area (Å²) in [6, 6.07) is 10.0. The highest BCUT2D eigenvalue weighted by Crippen LogP contribution is 2.33. The summed E-state index contributed by atoms with van der Waals surface area (Å²) >= 11 is 0. The lowest BCUT2D eigenvalue weighted by Gasteiger charge is -2.33. The number of anilines is 1. The maximum atomic E-state index is 5.23. The van der Waals surface area contributed by atoms with Crippen LogP contribution in [0.4, 0.5) is 5.69 Å². The van der Waals surface area contributed by atoms with Crippen molar-refractivity contribution in [2.75, 3.05) is 19.0 Å². The van der Waals surface area contributed by atoms with Crippen molar-refractivity contribution in [3.63, 3.8) is 0 Å². The van der Waals surface area contributed by atoms with Gasteiger partial charge in [-0.3, -0.25) is 0 Å². The van der Waals surface area contributed by atoms with E-state index in [0.717, 1.165) is 12.0 Å². The van der Waals surface area contributed by atoms with E-state index in [9.17, 15) is 0 Å². The molecule has 1 saturated carbocycles. The average molecular weight is 288 g/mol. The standard InChI is InChI=1S/C18H28N2O/c1-21-13-14-6-4-7-15(12-14)20-18-10-5-8-16(18)17-9-2-3-11-19-17/h4,6-7,12,16-20H,2-3,5,8-11,13H2,1H3. The largest absolute Gasteiger partial charge is 0.382 e. The van der Waals surface area contributed by atoms with E-state index in [4.69, 9.17) is 4.74 Å². The van der Waals surface area contributed by atoms with Gasteiger partial charge < -0.3 is 15.4 Å². The highest BCUT2D eigenvalue weighted by molar-refractivity contribution is 5.46. The minimum absolute atomic E-state index is 0.624. The average Bonchev–Trinajstić information content (AvgIpc) is 2.97. The molecule has 3 rings (SSSR count). The quantitative estimate of drug-likeness (QED) is 0.869. The predicted octanol–water partition coefficient (Wildman–Crippen LogP) is 3.56. The van der Waals surface area contributed by atoms with E-state index in [1.165, 1.54) is 56.3 Å². The number of hydrogen-bond acceptors (Lipinski definition) is 3. The Balaban J connectivity index is 1.64. The van der Waals surface area contributed by atoms with Crippen molar-refractivity contribution >= 4 is 5.69 Å². The Labute approximate surface area is 128 Å². The first-order valence-corrected chi connectivity index (χ1v) is 8.44. The maximum Gasteiger partial charge on any atom is 0.0713 e. The molecule has 1 aromatic carbocycles. The van der Waals surface area contributed by atoms with Gasteiger partial charge in [0.05, 0.1) is 6.61 Å². The van der Waals surface area contributed by atoms with Crippen molar-refractivity contribution in [3.8, 4) is 0 Å². The van der Waals surface area contributed by atoms with Crippen molar-refractivity contribution in [1.82, 2.24) is 5.32 Å². The molecule has 0 radical (unpaired) electrons. The Morgan fingerprint density at radius 1 is 1.19 bits per heavy atom. The summed E-state index contributed by atoms with van der Waals surface area (Å²) in [5.74, 6) is 0.788. The van der Waals surface area contributed by atoms with Gasteiger partial charge in [-0.05, 0) is 55.8 Å². The minimum Gasteiger partial charge on any atom is -0.382 e. The number of methoxy groups -OCH3 is 1. The van der Waals surface area contributed by atoms with Crippen molar-refractivity contribution in [2.45, 2.75) is 57.2 Å². The van der Waals surface area contributed by atoms with Crippen LogP contribution < -0.4 is 10.6 Å². The fraction of sp³-hybridized carbons (Fsp3) is 0.667. The van der Waals surface area contributed by atoms with Gasteiger partial charge in [-0.25, -0.2) is 0 Å². The van der Waals surface area contributed by atoms with Crippen LogP contribution in [-0.2, 0) is 11.3 Å². The molecule has 2 fully saturated rings. The van der Waals surface area contributed by atoms with E-state index in [1.807, 2.05) is 0 Å². The first-order valence-electron chi connectivity index (χ1n) is 8.44. The van der Waals surface area contributed by atoms with Crippen LogP contribution in [-0.4, -0.2) is 25.7 Å². The Morgan fingerprint density at radius 3 is 2.95 bits per heavy atom. The Bertz CT molecular complexity index is 443. The van der Waals surface area contributed by atoms with Gasteiger partial charge in [0, 0.05) is 24.9 Å². The highest BCUT2D eigenvalue weighted by atomic mass is 16.5. The molecule has 21 heavy (non-hydrogen) atoms. The zero-order chi connectivity index (χ0) is 14.5. The van der Waals surface area contributed by atoms with Crippen molar-refractivity contribution in [1.29, 1.82) is 0 Å². The monoisotopic (exact) mass is 288 g/mol. The summed E-state index contributed by atoms with van der Waals surface area (Å²) in [7, 11) is 1.75. The van der Waals surface area contributed by atoms with Crippen LogP contribution in [0.25, 0.3) is 0 Å². The molecular formula is C18H28N2O. The molecule has 1 heterocycles. The first-order chi connectivity index (χ1) is 10.4. The van der Waals surface area contributed by atoms with E-state index in [-0.39, 0.29) is 0 Å². The Morgan fingerprint density at radius 2 is 2.14 bits per heavy atom. The summed E-state index contributed by atoms with van der Waals surface area (Å²) in [6.45, 7) is 1.89. The van der Waals surface area contributed by atoms with Crippen LogP contribution in [0.3, 0.4) is 0 Å². The molecule has 3 unspecified atom stereocenters. The SMILES string of the molecule is COCc1cccc(NC2CCCC2C2CCCCN2)c1. The predicted molar refractivity (Wildman–Crippen MR) is 87.5 cm³/mol. The number of nitrogens with one attached hydrogen (secondary N) is 2. The number of piperidine rings is 1. The molecule has 1 aliphatic carbocycles. The second-order valence-corrected chi connectivity index (χ2v) is 6.54. The first kappa shape index (κ1) is 14.9. The van der Waals surface area contributed by atoms with Crippen LogP contribution in [0.1, 0.15) is 44.1 Å². The molecule has 116 valence electrons. The summed E-state index contributed by atoms with van der Waals surface area (Å²) < 4.78 is 5.23. The molecule has 2 aliphatic rings. The Hall–Kier alpha value is -1.06. The molecule has 1 aromatic rings. The van der Waals surface area contributed by atoms with Crippen molar-refractivity contribution in [2.24, 2.45) is 5.92 Å². The number of benzene rings is 1. The molecule has 0 amide bonds. The van der Waals surface area contributed by atoms with Gasteiger partial charge in [0.15, 0.2) is 0 Å². The van der Waals surface area contributed by atoms with Gasteiger partial charge in [-0.1, -0.05) is 25.0 Å². The van der Waals surface area contributed by atoms with Crippen LogP contribution >= 0.6 is 0 Å². The van der Waals surface area contributed by atoms with Crippen molar-refractivity contribution in [3.05, 3.63) is 29.8 Å². The van der Waals surface area contributed by atoms with Gasteiger partial charge in [-0.2, -0.15) is 0 Å². The van der Waals surface area contributed by atoms with Crippen LogP contribution in [0.5, 0.6) is 0 Å². The number of hydrogen-bond donors (Lipinski definition) is 2. The topological polar surface area (TPSA) is 33.3 Å². The van der Waals surface area contributed by atoms with Gasteiger partial charge in [-0.15, -0.1) is 0 Å². The van der Waals surface area contributed by atoms with E-state index in [2.05, 4.69) is 34.9 Å². The van der Waals surface area contributed by atoms with Gasteiger partial charge in [0.1, 0.15) is 0 Å². The maximum absolute atomic E-state index is 5.23. The molecule has 1 saturated heterocycles. The zero-order valence-corrected chi connectivity index (χ0v) is 13.1. The van der Waals surface area contributed by atoms with Crippen LogP contribution in [0.2, 0.25) is 0 Å². The second-order valence-electron chi connectivity index (χ2n) is 6.54. The summed E-state index contributed by atoms with van der Waals surface area (Å²) in [5, 5.41) is 7.54. The molecular weight excluding hydrogens is 260 g/mol. The molecule has 0 aromatic heterocycles. The fourth-order valence-electron chi connectivity index (χ4n) is 4.03. The molecule has 0 bridgehead atoms. The zero-order valence-electron chi connectivity index (χ0n) is 13.1. The highest BCUT2D eigenvalue weighted by Gasteiger charge is 2.34. The normalized spacial score (nSPS) is 29.5. The molecule has 2 N–H and O–H groups in total. The molecule has 3 atom stereocenters. The van der Waals surface area contributed by atoms with Gasteiger partial charge in [0.2, 0.25) is 0 Å². The summed E-state index contributed by atoms with van der Waals surface area (Å²) in [4.78, 5) is 0. The lowest BCUT2D eigenvalue weighted by Crippen LogP contribution is -2.44. The van der Waals surface area contributed by atoms with Crippen LogP contribution in [0.15, 0.2) is 24.3 Å². The third kappa shape index (κ3) is 3.78. The van der Waals surface area contributed by atoms with Crippen LogP contribution in [0, 0.1) is 5.92 Å². The van der Waals surface area contributed by atoms with Gasteiger partial charge >= 0.3 is 0 Å². The molecule has 0 spiro atoms. The molecule has 1 aliphatic heterocycles. The second kappa shape index (κ2) is 7.28. The third-order valence-electron chi connectivity index (χ3n) is 5.02. The lowest BCUT2D eigenvalue weighted by molar-refractivity contribution is 0.185. The Kier molecular flexibility index (Phi) is 5.15. The smallest absolute Gasteiger partial charge is 0.0713 e. The van der Waals surface area contributed by atoms with E-state index in [0.29, 0.717) is 12.6 Å². The fourth-order valence-corrected chi connectivity index (χ4v) is 4.03. The minimum atomic E-state index is 0.624. The molecule has 3 nitrogen and oxygen atoms in total. The summed E-state index contributed by atoms with van der Waals surface area (Å²) in [5.41, 5.74) is 2.49. The van der Waals surface area contributed by atoms with E-state index >= 15 is 0 Å². The molecule has 3 heteroatoms. The number of rotatable bonds is 5. The van der Waals surface area contributed by atoms with E-state index < -0.39 is 0 Å². The van der Waals surface area contributed by atoms with Gasteiger partial charge in [0.25, 0.3) is 0 Å².